The van der Waals surface area contributed by atoms with E-state index >= 15 is 0 Å². The van der Waals surface area contributed by atoms with Gasteiger partial charge < -0.3 is 15.0 Å². The molecule has 1 unspecified atom stereocenters. The maximum absolute atomic E-state index is 12.1. The number of hydrogen-bond acceptors (Lipinski definition) is 3. The number of likely N-dealkylation sites (tertiary alicyclic amines) is 1. The Morgan fingerprint density at radius 1 is 1.16 bits per heavy atom. The molecule has 0 aromatic heterocycles. The maximum atomic E-state index is 12.1. The lowest BCUT2D eigenvalue weighted by molar-refractivity contribution is -0.133. The van der Waals surface area contributed by atoms with E-state index in [1.807, 2.05) is 11.8 Å². The summed E-state index contributed by atoms with van der Waals surface area (Å²) in [5.41, 5.74) is 0. The first-order valence-corrected chi connectivity index (χ1v) is 7.75. The minimum Gasteiger partial charge on any atom is -0.379 e. The zero-order valence-corrected chi connectivity index (χ0v) is 12.8. The Labute approximate surface area is 117 Å². The summed E-state index contributed by atoms with van der Waals surface area (Å²) in [7, 11) is 0. The summed E-state index contributed by atoms with van der Waals surface area (Å²) in [4.78, 5) is 14.1. The summed E-state index contributed by atoms with van der Waals surface area (Å²) in [5.74, 6) is 0.262. The van der Waals surface area contributed by atoms with E-state index in [1.54, 1.807) is 0 Å². The number of carbonyl (C=O) groups excluding carboxylic acids is 1. The summed E-state index contributed by atoms with van der Waals surface area (Å²) in [6.45, 7) is 9.66. The van der Waals surface area contributed by atoms with Crippen molar-refractivity contribution in [1.29, 1.82) is 0 Å². The van der Waals surface area contributed by atoms with Gasteiger partial charge in [-0.15, -0.1) is 0 Å². The second kappa shape index (κ2) is 9.32. The molecule has 0 aromatic carbocycles. The number of carbonyl (C=O) groups is 1. The molecule has 0 spiro atoms. The van der Waals surface area contributed by atoms with Gasteiger partial charge in [-0.05, 0) is 59.4 Å². The van der Waals surface area contributed by atoms with E-state index in [1.165, 1.54) is 6.42 Å². The number of nitrogens with zero attached hydrogens (tertiary/aromatic N) is 1. The van der Waals surface area contributed by atoms with Crippen LogP contribution in [0.5, 0.6) is 0 Å². The Kier molecular flexibility index (Phi) is 8.07. The average molecular weight is 270 g/mol. The maximum Gasteiger partial charge on any atom is 0.239 e. The van der Waals surface area contributed by atoms with Crippen molar-refractivity contribution in [3.8, 4) is 0 Å². The van der Waals surface area contributed by atoms with Crippen LogP contribution in [0.1, 0.15) is 52.9 Å². The topological polar surface area (TPSA) is 41.6 Å². The van der Waals surface area contributed by atoms with Crippen molar-refractivity contribution in [1.82, 2.24) is 10.2 Å². The normalized spacial score (nSPS) is 17.8. The first-order valence-electron chi connectivity index (χ1n) is 7.75. The number of amides is 1. The van der Waals surface area contributed by atoms with Crippen LogP contribution in [-0.2, 0) is 9.53 Å². The van der Waals surface area contributed by atoms with Crippen LogP contribution < -0.4 is 5.32 Å². The van der Waals surface area contributed by atoms with Gasteiger partial charge in [0.25, 0.3) is 0 Å². The van der Waals surface area contributed by atoms with Gasteiger partial charge in [-0.1, -0.05) is 0 Å². The van der Waals surface area contributed by atoms with E-state index in [0.29, 0.717) is 6.10 Å². The Morgan fingerprint density at radius 2 is 1.84 bits per heavy atom. The molecule has 0 bridgehead atoms. The van der Waals surface area contributed by atoms with Crippen LogP contribution in [0, 0.1) is 0 Å². The SMILES string of the molecule is CC(C)OCCCCNC(C)C(=O)N1CCCCC1. The van der Waals surface area contributed by atoms with Gasteiger partial charge in [0.2, 0.25) is 5.91 Å². The van der Waals surface area contributed by atoms with Crippen LogP contribution in [-0.4, -0.2) is 49.2 Å². The zero-order chi connectivity index (χ0) is 14.1. The number of unbranched alkanes of at least 4 members (excludes halogenated alkanes) is 1. The van der Waals surface area contributed by atoms with Gasteiger partial charge in [-0.25, -0.2) is 0 Å². The Morgan fingerprint density at radius 3 is 2.47 bits per heavy atom. The fraction of sp³-hybridized carbons (Fsp3) is 0.933. The van der Waals surface area contributed by atoms with Gasteiger partial charge in [0, 0.05) is 19.7 Å². The summed E-state index contributed by atoms with van der Waals surface area (Å²) in [5, 5.41) is 3.32. The zero-order valence-electron chi connectivity index (χ0n) is 12.8. The lowest BCUT2D eigenvalue weighted by Gasteiger charge is -2.29. The smallest absolute Gasteiger partial charge is 0.239 e. The molecule has 1 atom stereocenters. The van der Waals surface area contributed by atoms with Crippen LogP contribution in [0.2, 0.25) is 0 Å². The van der Waals surface area contributed by atoms with Gasteiger partial charge in [0.05, 0.1) is 12.1 Å². The monoisotopic (exact) mass is 270 g/mol. The Bertz CT molecular complexity index is 251. The number of ether oxygens (including phenoxy) is 1. The third-order valence-electron chi connectivity index (χ3n) is 3.51. The van der Waals surface area contributed by atoms with E-state index in [4.69, 9.17) is 4.74 Å². The molecule has 1 saturated heterocycles. The van der Waals surface area contributed by atoms with E-state index in [9.17, 15) is 4.79 Å². The first-order chi connectivity index (χ1) is 9.11. The second-order valence-electron chi connectivity index (χ2n) is 5.69. The van der Waals surface area contributed by atoms with E-state index in [0.717, 1.165) is 51.9 Å². The molecule has 19 heavy (non-hydrogen) atoms. The molecule has 112 valence electrons. The van der Waals surface area contributed by atoms with Crippen molar-refractivity contribution in [2.75, 3.05) is 26.2 Å². The standard InChI is InChI=1S/C15H30N2O2/c1-13(2)19-12-8-5-9-16-14(3)15(18)17-10-6-4-7-11-17/h13-14,16H,4-12H2,1-3H3. The van der Waals surface area contributed by atoms with Crippen molar-refractivity contribution in [2.24, 2.45) is 0 Å². The molecule has 1 heterocycles. The third-order valence-corrected chi connectivity index (χ3v) is 3.51. The third kappa shape index (κ3) is 6.92. The molecule has 0 saturated carbocycles. The molecule has 1 N–H and O–H groups in total. The molecule has 0 radical (unpaired) electrons. The minimum atomic E-state index is -0.0517. The predicted molar refractivity (Wildman–Crippen MR) is 78.2 cm³/mol. The second-order valence-corrected chi connectivity index (χ2v) is 5.69. The van der Waals surface area contributed by atoms with Crippen molar-refractivity contribution in [3.05, 3.63) is 0 Å². The summed E-state index contributed by atoms with van der Waals surface area (Å²) >= 11 is 0. The van der Waals surface area contributed by atoms with Gasteiger partial charge in [0.1, 0.15) is 0 Å². The van der Waals surface area contributed by atoms with E-state index < -0.39 is 0 Å². The lowest BCUT2D eigenvalue weighted by atomic mass is 10.1. The highest BCUT2D eigenvalue weighted by Crippen LogP contribution is 2.09. The fourth-order valence-corrected chi connectivity index (χ4v) is 2.34. The molecule has 1 rings (SSSR count). The molecular formula is C15H30N2O2. The molecule has 4 heteroatoms. The quantitative estimate of drug-likeness (QED) is 0.687. The Balaban J connectivity index is 2.06. The van der Waals surface area contributed by atoms with Crippen LogP contribution in [0.4, 0.5) is 0 Å². The van der Waals surface area contributed by atoms with Gasteiger partial charge in [-0.3, -0.25) is 4.79 Å². The fourth-order valence-electron chi connectivity index (χ4n) is 2.34. The Hall–Kier alpha value is -0.610. The molecule has 0 aliphatic carbocycles. The summed E-state index contributed by atoms with van der Waals surface area (Å²) in [6.07, 6.45) is 6.00. The van der Waals surface area contributed by atoms with Crippen LogP contribution >= 0.6 is 0 Å². The molecule has 1 amide bonds. The molecule has 1 fully saturated rings. The van der Waals surface area contributed by atoms with Crippen molar-refractivity contribution < 1.29 is 9.53 Å². The number of hydrogen-bond donors (Lipinski definition) is 1. The largest absolute Gasteiger partial charge is 0.379 e. The summed E-state index contributed by atoms with van der Waals surface area (Å²) in [6, 6.07) is -0.0517. The van der Waals surface area contributed by atoms with Gasteiger partial charge >= 0.3 is 0 Å². The number of nitrogens with one attached hydrogen (secondary N) is 1. The van der Waals surface area contributed by atoms with Crippen molar-refractivity contribution >= 4 is 5.91 Å². The lowest BCUT2D eigenvalue weighted by Crippen LogP contribution is -2.47. The van der Waals surface area contributed by atoms with Crippen LogP contribution in [0.3, 0.4) is 0 Å². The molecule has 1 aliphatic heterocycles. The van der Waals surface area contributed by atoms with E-state index in [2.05, 4.69) is 19.2 Å². The van der Waals surface area contributed by atoms with Crippen molar-refractivity contribution in [2.45, 2.75) is 65.0 Å². The predicted octanol–water partition coefficient (Wildman–Crippen LogP) is 2.18. The minimum absolute atomic E-state index is 0.0517. The van der Waals surface area contributed by atoms with E-state index in [-0.39, 0.29) is 11.9 Å². The molecule has 0 aromatic rings. The van der Waals surface area contributed by atoms with Gasteiger partial charge in [0.15, 0.2) is 0 Å². The number of piperidine rings is 1. The van der Waals surface area contributed by atoms with Gasteiger partial charge in [-0.2, -0.15) is 0 Å². The van der Waals surface area contributed by atoms with Crippen molar-refractivity contribution in [3.63, 3.8) is 0 Å². The molecule has 1 aliphatic rings. The average Bonchev–Trinajstić information content (AvgIpc) is 2.42. The highest BCUT2D eigenvalue weighted by Gasteiger charge is 2.21. The number of rotatable bonds is 8. The van der Waals surface area contributed by atoms with Crippen LogP contribution in [0.25, 0.3) is 0 Å². The first kappa shape index (κ1) is 16.4. The highest BCUT2D eigenvalue weighted by molar-refractivity contribution is 5.81. The molecule has 4 nitrogen and oxygen atoms in total. The van der Waals surface area contributed by atoms with Crippen LogP contribution in [0.15, 0.2) is 0 Å². The molecular weight excluding hydrogens is 240 g/mol. The summed E-state index contributed by atoms with van der Waals surface area (Å²) < 4.78 is 5.49. The highest BCUT2D eigenvalue weighted by atomic mass is 16.5.